The summed E-state index contributed by atoms with van der Waals surface area (Å²) in [5.41, 5.74) is 7.52. The number of halogens is 1. The number of benzene rings is 1. The van der Waals surface area contributed by atoms with Gasteiger partial charge in [-0.3, -0.25) is 0 Å². The molecule has 2 rings (SSSR count). The van der Waals surface area contributed by atoms with Crippen LogP contribution in [0.5, 0.6) is 0 Å². The van der Waals surface area contributed by atoms with Crippen molar-refractivity contribution in [3.8, 4) is 0 Å². The van der Waals surface area contributed by atoms with E-state index in [9.17, 15) is 4.39 Å². The van der Waals surface area contributed by atoms with Gasteiger partial charge in [-0.25, -0.2) is 9.37 Å². The molecule has 1 aromatic carbocycles. The molecule has 0 aliphatic carbocycles. The first kappa shape index (κ1) is 14.0. The number of rotatable bonds is 4. The zero-order valence-electron chi connectivity index (χ0n) is 11.4. The molecule has 0 bridgehead atoms. The highest BCUT2D eigenvalue weighted by molar-refractivity contribution is 7.15. The number of aryl methyl sites for hydroxylation is 1. The van der Waals surface area contributed by atoms with Gasteiger partial charge in [-0.2, -0.15) is 0 Å². The van der Waals surface area contributed by atoms with Gasteiger partial charge in [0.2, 0.25) is 0 Å². The van der Waals surface area contributed by atoms with Crippen molar-refractivity contribution in [3.05, 3.63) is 46.2 Å². The van der Waals surface area contributed by atoms with E-state index < -0.39 is 0 Å². The van der Waals surface area contributed by atoms with Crippen LogP contribution in [-0.4, -0.2) is 12.0 Å². The first-order chi connectivity index (χ1) is 8.99. The summed E-state index contributed by atoms with van der Waals surface area (Å²) in [5, 5.41) is 0.869. The van der Waals surface area contributed by atoms with E-state index in [-0.39, 0.29) is 11.9 Å². The maximum absolute atomic E-state index is 13.6. The molecule has 1 atom stereocenters. The Morgan fingerprint density at radius 3 is 2.68 bits per heavy atom. The van der Waals surface area contributed by atoms with Crippen LogP contribution < -0.4 is 10.6 Å². The number of hydrogen-bond donors (Lipinski definition) is 1. The van der Waals surface area contributed by atoms with Crippen molar-refractivity contribution in [1.29, 1.82) is 0 Å². The molecule has 1 heterocycles. The average molecular weight is 279 g/mol. The second-order valence-corrected chi connectivity index (χ2v) is 5.69. The van der Waals surface area contributed by atoms with Crippen LogP contribution in [0.15, 0.2) is 24.3 Å². The van der Waals surface area contributed by atoms with Gasteiger partial charge in [0, 0.05) is 30.1 Å². The van der Waals surface area contributed by atoms with Gasteiger partial charge in [0.1, 0.15) is 5.82 Å². The molecular weight excluding hydrogens is 261 g/mol. The molecular formula is C14H18FN3S. The maximum Gasteiger partial charge on any atom is 0.185 e. The molecule has 5 heteroatoms. The summed E-state index contributed by atoms with van der Waals surface area (Å²) in [5.74, 6) is -0.185. The molecule has 0 saturated carbocycles. The van der Waals surface area contributed by atoms with E-state index in [2.05, 4.69) is 4.98 Å². The van der Waals surface area contributed by atoms with Gasteiger partial charge in [-0.05, 0) is 19.9 Å². The Bertz CT molecular complexity index is 566. The molecule has 0 amide bonds. The fourth-order valence-corrected chi connectivity index (χ4v) is 2.91. The summed E-state index contributed by atoms with van der Waals surface area (Å²) in [6, 6.07) is 6.78. The number of thiazole rings is 1. The SMILES string of the molecule is Cc1nc(N(C)Cc2ccccc2F)sc1C(C)N. The molecule has 0 aliphatic heterocycles. The van der Waals surface area contributed by atoms with Crippen LogP contribution in [0, 0.1) is 12.7 Å². The van der Waals surface area contributed by atoms with Crippen LogP contribution in [0.4, 0.5) is 9.52 Å². The summed E-state index contributed by atoms with van der Waals surface area (Å²) in [6.45, 7) is 4.40. The lowest BCUT2D eigenvalue weighted by molar-refractivity contribution is 0.608. The minimum absolute atomic E-state index is 0.0203. The first-order valence-corrected chi connectivity index (χ1v) is 6.98. The van der Waals surface area contributed by atoms with Gasteiger partial charge >= 0.3 is 0 Å². The fraction of sp³-hybridized carbons (Fsp3) is 0.357. The lowest BCUT2D eigenvalue weighted by Crippen LogP contribution is -2.16. The molecule has 0 fully saturated rings. The normalized spacial score (nSPS) is 12.5. The number of nitrogens with two attached hydrogens (primary N) is 1. The Morgan fingerprint density at radius 2 is 2.11 bits per heavy atom. The Labute approximate surface area is 116 Å². The van der Waals surface area contributed by atoms with Gasteiger partial charge in [-0.15, -0.1) is 11.3 Å². The first-order valence-electron chi connectivity index (χ1n) is 6.16. The summed E-state index contributed by atoms with van der Waals surface area (Å²) in [6.07, 6.45) is 0. The summed E-state index contributed by atoms with van der Waals surface area (Å²) in [7, 11) is 1.91. The van der Waals surface area contributed by atoms with E-state index in [1.807, 2.05) is 31.9 Å². The van der Waals surface area contributed by atoms with E-state index in [0.29, 0.717) is 12.1 Å². The topological polar surface area (TPSA) is 42.2 Å². The third-order valence-electron chi connectivity index (χ3n) is 2.93. The molecule has 0 saturated heterocycles. The fourth-order valence-electron chi connectivity index (χ4n) is 1.93. The number of aromatic nitrogens is 1. The van der Waals surface area contributed by atoms with Crippen molar-refractivity contribution < 1.29 is 4.39 Å². The van der Waals surface area contributed by atoms with E-state index >= 15 is 0 Å². The summed E-state index contributed by atoms with van der Waals surface area (Å²) >= 11 is 1.57. The lowest BCUT2D eigenvalue weighted by Gasteiger charge is -2.16. The minimum atomic E-state index is -0.185. The molecule has 2 aromatic rings. The summed E-state index contributed by atoms with van der Waals surface area (Å²) < 4.78 is 13.6. The van der Waals surface area contributed by atoms with Crippen LogP contribution in [0.2, 0.25) is 0 Å². The monoisotopic (exact) mass is 279 g/mol. The molecule has 3 nitrogen and oxygen atoms in total. The van der Waals surface area contributed by atoms with Crippen LogP contribution in [0.3, 0.4) is 0 Å². The van der Waals surface area contributed by atoms with Gasteiger partial charge in [0.25, 0.3) is 0 Å². The smallest absolute Gasteiger partial charge is 0.185 e. The quantitative estimate of drug-likeness (QED) is 0.934. The number of hydrogen-bond acceptors (Lipinski definition) is 4. The second-order valence-electron chi connectivity index (χ2n) is 4.68. The lowest BCUT2D eigenvalue weighted by atomic mass is 10.2. The molecule has 1 aromatic heterocycles. The minimum Gasteiger partial charge on any atom is -0.347 e. The van der Waals surface area contributed by atoms with Crippen LogP contribution in [0.25, 0.3) is 0 Å². The number of anilines is 1. The van der Waals surface area contributed by atoms with Crippen LogP contribution >= 0.6 is 11.3 Å². The van der Waals surface area contributed by atoms with Gasteiger partial charge < -0.3 is 10.6 Å². The highest BCUT2D eigenvalue weighted by Gasteiger charge is 2.14. The predicted octanol–water partition coefficient (Wildman–Crippen LogP) is 3.25. The summed E-state index contributed by atoms with van der Waals surface area (Å²) in [4.78, 5) is 7.53. The van der Waals surface area contributed by atoms with Crippen molar-refractivity contribution in [2.45, 2.75) is 26.4 Å². The van der Waals surface area contributed by atoms with E-state index in [4.69, 9.17) is 5.73 Å². The number of nitrogens with zero attached hydrogens (tertiary/aromatic N) is 2. The van der Waals surface area contributed by atoms with Gasteiger partial charge in [-0.1, -0.05) is 18.2 Å². The van der Waals surface area contributed by atoms with Crippen molar-refractivity contribution in [3.63, 3.8) is 0 Å². The van der Waals surface area contributed by atoms with Crippen molar-refractivity contribution >= 4 is 16.5 Å². The standard InChI is InChI=1S/C14H18FN3S/c1-9(16)13-10(2)17-14(19-13)18(3)8-11-6-4-5-7-12(11)15/h4-7,9H,8,16H2,1-3H3. The zero-order valence-corrected chi connectivity index (χ0v) is 12.2. The van der Waals surface area contributed by atoms with E-state index in [1.165, 1.54) is 6.07 Å². The van der Waals surface area contributed by atoms with Gasteiger partial charge in [0.15, 0.2) is 5.13 Å². The zero-order chi connectivity index (χ0) is 14.0. The molecule has 0 aliphatic rings. The Hall–Kier alpha value is -1.46. The second kappa shape index (κ2) is 5.67. The third kappa shape index (κ3) is 3.11. The van der Waals surface area contributed by atoms with Gasteiger partial charge in [0.05, 0.1) is 5.69 Å². The molecule has 2 N–H and O–H groups in total. The van der Waals surface area contributed by atoms with Crippen molar-refractivity contribution in [1.82, 2.24) is 4.98 Å². The van der Waals surface area contributed by atoms with Crippen molar-refractivity contribution in [2.24, 2.45) is 5.73 Å². The van der Waals surface area contributed by atoms with E-state index in [0.717, 1.165) is 15.7 Å². The molecule has 1 unspecified atom stereocenters. The molecule has 0 spiro atoms. The van der Waals surface area contributed by atoms with E-state index in [1.54, 1.807) is 23.5 Å². The maximum atomic E-state index is 13.6. The largest absolute Gasteiger partial charge is 0.347 e. The molecule has 0 radical (unpaired) electrons. The molecule has 19 heavy (non-hydrogen) atoms. The average Bonchev–Trinajstić information content (AvgIpc) is 2.74. The Kier molecular flexibility index (Phi) is 4.17. The Balaban J connectivity index is 2.19. The predicted molar refractivity (Wildman–Crippen MR) is 78.0 cm³/mol. The van der Waals surface area contributed by atoms with Crippen molar-refractivity contribution in [2.75, 3.05) is 11.9 Å². The third-order valence-corrected chi connectivity index (χ3v) is 4.40. The molecule has 102 valence electrons. The van der Waals surface area contributed by atoms with Crippen LogP contribution in [0.1, 0.15) is 29.1 Å². The Morgan fingerprint density at radius 1 is 1.42 bits per heavy atom. The van der Waals surface area contributed by atoms with Crippen LogP contribution in [-0.2, 0) is 6.54 Å². The highest BCUT2D eigenvalue weighted by atomic mass is 32.1. The highest BCUT2D eigenvalue weighted by Crippen LogP contribution is 2.29.